The molecule has 0 saturated carbocycles. The maximum absolute atomic E-state index is 10.5. The molecule has 1 aliphatic heterocycles. The monoisotopic (exact) mass is 369 g/mol. The van der Waals surface area contributed by atoms with Crippen LogP contribution in [-0.2, 0) is 14.3 Å². The Balaban J connectivity index is 0.00000242. The van der Waals surface area contributed by atoms with Gasteiger partial charge < -0.3 is 19.9 Å². The first-order chi connectivity index (χ1) is 10.1. The fourth-order valence-corrected chi connectivity index (χ4v) is 2.60. The van der Waals surface area contributed by atoms with Crippen molar-refractivity contribution in [3.8, 4) is 0 Å². The first-order valence-electron chi connectivity index (χ1n) is 6.64. The molecule has 1 heterocycles. The number of ether oxygens (including phenoxy) is 2. The zero-order valence-corrected chi connectivity index (χ0v) is 14.1. The van der Waals surface area contributed by atoms with Crippen molar-refractivity contribution in [2.45, 2.75) is 6.10 Å². The average Bonchev–Trinajstić information content (AvgIpc) is 2.67. The van der Waals surface area contributed by atoms with Gasteiger partial charge in [0, 0.05) is 19.0 Å². The normalized spacial score (nSPS) is 21.7. The van der Waals surface area contributed by atoms with Crippen LogP contribution in [0.3, 0.4) is 0 Å². The molecule has 0 amide bonds. The number of aliphatic carboxylic acids is 1. The summed E-state index contributed by atoms with van der Waals surface area (Å²) in [4.78, 5) is 10.5. The predicted octanol–water partition coefficient (Wildman–Crippen LogP) is 2.79. The number of carboxylic acids is 1. The smallest absolute Gasteiger partial charge is 0.329 e. The van der Waals surface area contributed by atoms with Crippen LogP contribution in [0.1, 0.15) is 11.7 Å². The van der Waals surface area contributed by atoms with E-state index in [-0.39, 0.29) is 31.0 Å². The molecule has 8 heteroatoms. The second kappa shape index (κ2) is 9.55. The van der Waals surface area contributed by atoms with Crippen molar-refractivity contribution in [3.05, 3.63) is 33.8 Å². The van der Waals surface area contributed by atoms with Gasteiger partial charge in [-0.2, -0.15) is 0 Å². The maximum Gasteiger partial charge on any atom is 0.329 e. The number of carbonyl (C=O) groups is 1. The van der Waals surface area contributed by atoms with Gasteiger partial charge in [0.1, 0.15) is 6.61 Å². The van der Waals surface area contributed by atoms with Gasteiger partial charge in [-0.3, -0.25) is 0 Å². The molecule has 0 bridgehead atoms. The molecule has 124 valence electrons. The quantitative estimate of drug-likeness (QED) is 0.834. The second-order valence-corrected chi connectivity index (χ2v) is 5.65. The van der Waals surface area contributed by atoms with Gasteiger partial charge in [0.05, 0.1) is 29.4 Å². The Labute approximate surface area is 145 Å². The zero-order chi connectivity index (χ0) is 15.2. The molecular weight excluding hydrogens is 353 g/mol. The Morgan fingerprint density at radius 2 is 2.18 bits per heavy atom. The molecule has 1 saturated heterocycles. The molecule has 0 aliphatic carbocycles. The first kappa shape index (κ1) is 19.5. The van der Waals surface area contributed by atoms with Crippen molar-refractivity contribution >= 4 is 41.6 Å². The Bertz CT molecular complexity index is 501. The van der Waals surface area contributed by atoms with Crippen molar-refractivity contribution in [1.82, 2.24) is 5.32 Å². The summed E-state index contributed by atoms with van der Waals surface area (Å²) in [5, 5.41) is 12.9. The van der Waals surface area contributed by atoms with Crippen molar-refractivity contribution in [1.29, 1.82) is 0 Å². The molecular formula is C14H18Cl3NO4. The van der Waals surface area contributed by atoms with E-state index in [1.807, 2.05) is 6.07 Å². The van der Waals surface area contributed by atoms with Gasteiger partial charge in [-0.05, 0) is 17.7 Å². The lowest BCUT2D eigenvalue weighted by atomic mass is 9.96. The highest BCUT2D eigenvalue weighted by Crippen LogP contribution is 2.32. The maximum atomic E-state index is 10.5. The molecule has 2 rings (SSSR count). The van der Waals surface area contributed by atoms with E-state index < -0.39 is 5.97 Å². The molecule has 1 aromatic rings. The highest BCUT2D eigenvalue weighted by atomic mass is 35.5. The van der Waals surface area contributed by atoms with E-state index in [1.54, 1.807) is 12.1 Å². The molecule has 2 atom stereocenters. The fourth-order valence-electron chi connectivity index (χ4n) is 2.29. The summed E-state index contributed by atoms with van der Waals surface area (Å²) in [5.41, 5.74) is 0.914. The summed E-state index contributed by atoms with van der Waals surface area (Å²) >= 11 is 12.0. The topological polar surface area (TPSA) is 67.8 Å². The number of benzene rings is 1. The van der Waals surface area contributed by atoms with Crippen LogP contribution in [0.15, 0.2) is 18.2 Å². The Morgan fingerprint density at radius 3 is 2.86 bits per heavy atom. The summed E-state index contributed by atoms with van der Waals surface area (Å²) in [6.07, 6.45) is -0.205. The minimum absolute atomic E-state index is 0. The molecule has 2 N–H and O–H groups in total. The molecule has 5 nitrogen and oxygen atoms in total. The number of rotatable bonds is 5. The van der Waals surface area contributed by atoms with E-state index in [0.717, 1.165) is 12.1 Å². The third-order valence-corrected chi connectivity index (χ3v) is 3.98. The van der Waals surface area contributed by atoms with Crippen molar-refractivity contribution in [2.75, 3.05) is 32.9 Å². The summed E-state index contributed by atoms with van der Waals surface area (Å²) in [7, 11) is 0. The van der Waals surface area contributed by atoms with Crippen molar-refractivity contribution in [3.63, 3.8) is 0 Å². The van der Waals surface area contributed by atoms with Crippen LogP contribution in [0.5, 0.6) is 0 Å². The van der Waals surface area contributed by atoms with E-state index in [1.165, 1.54) is 0 Å². The fraction of sp³-hybridized carbons (Fsp3) is 0.500. The van der Waals surface area contributed by atoms with E-state index in [9.17, 15) is 4.79 Å². The van der Waals surface area contributed by atoms with Crippen LogP contribution in [0.4, 0.5) is 0 Å². The van der Waals surface area contributed by atoms with Crippen LogP contribution in [0, 0.1) is 5.92 Å². The second-order valence-electron chi connectivity index (χ2n) is 4.84. The summed E-state index contributed by atoms with van der Waals surface area (Å²) in [6.45, 7) is 1.98. The van der Waals surface area contributed by atoms with Gasteiger partial charge in [0.2, 0.25) is 0 Å². The van der Waals surface area contributed by atoms with Crippen molar-refractivity contribution < 1.29 is 19.4 Å². The van der Waals surface area contributed by atoms with Gasteiger partial charge in [0.15, 0.2) is 0 Å². The van der Waals surface area contributed by atoms with E-state index >= 15 is 0 Å². The Hall–Kier alpha value is -0.560. The lowest BCUT2D eigenvalue weighted by Crippen LogP contribution is -2.29. The lowest BCUT2D eigenvalue weighted by Gasteiger charge is -2.25. The Kier molecular flexibility index (Phi) is 8.46. The van der Waals surface area contributed by atoms with Crippen LogP contribution >= 0.6 is 35.6 Å². The van der Waals surface area contributed by atoms with Gasteiger partial charge in [-0.15, -0.1) is 12.4 Å². The van der Waals surface area contributed by atoms with E-state index in [0.29, 0.717) is 29.8 Å². The standard InChI is InChI=1S/C14H17Cl2NO4.ClH/c15-11-2-1-9(5-12(11)16)14-10(6-17-3-4-21-14)7-20-8-13(18)19;/h1-2,5,10,14,17H,3-4,6-8H2,(H,18,19);1H/t10-,14+;/m1./s1. The van der Waals surface area contributed by atoms with Crippen LogP contribution in [-0.4, -0.2) is 44.0 Å². The average molecular weight is 371 g/mol. The Morgan fingerprint density at radius 1 is 1.41 bits per heavy atom. The van der Waals surface area contributed by atoms with Crippen molar-refractivity contribution in [2.24, 2.45) is 5.92 Å². The summed E-state index contributed by atoms with van der Waals surface area (Å²) < 4.78 is 11.1. The predicted molar refractivity (Wildman–Crippen MR) is 87.2 cm³/mol. The zero-order valence-electron chi connectivity index (χ0n) is 11.8. The molecule has 0 spiro atoms. The molecule has 0 aromatic heterocycles. The highest BCUT2D eigenvalue weighted by molar-refractivity contribution is 6.42. The van der Waals surface area contributed by atoms with E-state index in [4.69, 9.17) is 37.8 Å². The summed E-state index contributed by atoms with van der Waals surface area (Å²) in [6, 6.07) is 5.38. The minimum atomic E-state index is -0.983. The SMILES string of the molecule is Cl.O=C(O)COC[C@H]1CNCCO[C@H]1c1ccc(Cl)c(Cl)c1. The third-order valence-electron chi connectivity index (χ3n) is 3.24. The third kappa shape index (κ3) is 5.57. The number of carboxylic acid groups (broad SMARTS) is 1. The molecule has 0 unspecified atom stereocenters. The molecule has 1 aliphatic rings. The van der Waals surface area contributed by atoms with Gasteiger partial charge in [-0.25, -0.2) is 4.79 Å². The number of hydrogen-bond acceptors (Lipinski definition) is 4. The summed E-state index contributed by atoms with van der Waals surface area (Å²) in [5.74, 6) is -0.979. The molecule has 22 heavy (non-hydrogen) atoms. The number of nitrogens with one attached hydrogen (secondary N) is 1. The molecule has 1 fully saturated rings. The van der Waals surface area contributed by atoms with E-state index in [2.05, 4.69) is 5.32 Å². The number of halogens is 3. The highest BCUT2D eigenvalue weighted by Gasteiger charge is 2.27. The first-order valence-corrected chi connectivity index (χ1v) is 7.40. The minimum Gasteiger partial charge on any atom is -0.480 e. The van der Waals surface area contributed by atoms with Crippen LogP contribution in [0.2, 0.25) is 10.0 Å². The number of hydrogen-bond donors (Lipinski definition) is 2. The largest absolute Gasteiger partial charge is 0.480 e. The van der Waals surface area contributed by atoms with Gasteiger partial charge in [-0.1, -0.05) is 29.3 Å². The van der Waals surface area contributed by atoms with Crippen LogP contribution in [0.25, 0.3) is 0 Å². The van der Waals surface area contributed by atoms with Gasteiger partial charge >= 0.3 is 5.97 Å². The van der Waals surface area contributed by atoms with Gasteiger partial charge in [0.25, 0.3) is 0 Å². The lowest BCUT2D eigenvalue weighted by molar-refractivity contribution is -0.143. The van der Waals surface area contributed by atoms with Crippen LogP contribution < -0.4 is 5.32 Å². The molecule has 0 radical (unpaired) electrons. The molecule has 1 aromatic carbocycles.